The molecule has 0 atom stereocenters. The summed E-state index contributed by atoms with van der Waals surface area (Å²) in [4.78, 5) is 0. The summed E-state index contributed by atoms with van der Waals surface area (Å²) >= 11 is 0. The Hall–Kier alpha value is 1.10. The van der Waals surface area contributed by atoms with Gasteiger partial charge in [-0.2, -0.15) is 20.3 Å². The first kappa shape index (κ1) is 16.6. The average Bonchev–Trinajstić information content (AvgIpc) is 1.61. The minimum Gasteiger partial charge on any atom is -1.00 e. The van der Waals surface area contributed by atoms with Gasteiger partial charge in [0, 0.05) is 0 Å². The standard InChI is InChI=1S/C7H15.BrH.Zn/c1-4-5-6-7(2)3;;/h4-6H2,1-3H3;1H;/q-1;;+2/p-1. The van der Waals surface area contributed by atoms with Gasteiger partial charge in [0.15, 0.2) is 0 Å². The predicted octanol–water partition coefficient (Wildman–Crippen LogP) is -0.208. The van der Waals surface area contributed by atoms with Crippen molar-refractivity contribution in [1.82, 2.24) is 0 Å². The molecule has 0 nitrogen and oxygen atoms in total. The van der Waals surface area contributed by atoms with Gasteiger partial charge < -0.3 is 22.9 Å². The molecule has 0 aliphatic heterocycles. The third-order valence-corrected chi connectivity index (χ3v) is 1.03. The van der Waals surface area contributed by atoms with Crippen LogP contribution in [-0.2, 0) is 19.5 Å². The summed E-state index contributed by atoms with van der Waals surface area (Å²) in [6.07, 6.45) is 4.00. The van der Waals surface area contributed by atoms with Crippen LogP contribution in [0.3, 0.4) is 0 Å². The van der Waals surface area contributed by atoms with E-state index < -0.39 is 0 Å². The van der Waals surface area contributed by atoms with Gasteiger partial charge in [-0.3, -0.25) is 0 Å². The Bertz CT molecular complexity index is 37.9. The van der Waals surface area contributed by atoms with Crippen LogP contribution in [0.2, 0.25) is 0 Å². The number of unbranched alkanes of at least 4 members (excludes halogenated alkanes) is 1. The van der Waals surface area contributed by atoms with Crippen LogP contribution in [0, 0.1) is 5.92 Å². The van der Waals surface area contributed by atoms with Gasteiger partial charge in [0.2, 0.25) is 0 Å². The van der Waals surface area contributed by atoms with Crippen LogP contribution in [0.1, 0.15) is 40.0 Å². The molecule has 0 aliphatic rings. The molecule has 0 amide bonds. The molecule has 0 N–H and O–H groups in total. The van der Waals surface area contributed by atoms with Crippen LogP contribution in [0.25, 0.3) is 0 Å². The van der Waals surface area contributed by atoms with Crippen LogP contribution in [0.5, 0.6) is 0 Å². The fraction of sp³-hybridized carbons (Fsp3) is 0.857. The molecule has 9 heavy (non-hydrogen) atoms. The molecule has 0 saturated heterocycles. The molecule has 52 valence electrons. The summed E-state index contributed by atoms with van der Waals surface area (Å²) in [5.74, 6) is 1.56. The Morgan fingerprint density at radius 1 is 1.22 bits per heavy atom. The van der Waals surface area contributed by atoms with E-state index in [4.69, 9.17) is 0 Å². The van der Waals surface area contributed by atoms with Crippen molar-refractivity contribution in [2.45, 2.75) is 40.0 Å². The minimum atomic E-state index is 0. The second kappa shape index (κ2) is 11.8. The number of hydrogen-bond acceptors (Lipinski definition) is 0. The molecule has 0 rings (SSSR count). The maximum atomic E-state index is 2.23. The SMILES string of the molecule is CCCC[C-](C)C.[Br-].[Zn+2]. The van der Waals surface area contributed by atoms with Gasteiger partial charge in [-0.15, -0.1) is 0 Å². The van der Waals surface area contributed by atoms with Gasteiger partial charge >= 0.3 is 19.5 Å². The van der Waals surface area contributed by atoms with E-state index in [0.29, 0.717) is 0 Å². The molecular formula is C7H15BrZn. The van der Waals surface area contributed by atoms with Gasteiger partial charge in [-0.25, -0.2) is 0 Å². The van der Waals surface area contributed by atoms with Crippen molar-refractivity contribution in [1.29, 1.82) is 0 Å². The fourth-order valence-electron chi connectivity index (χ4n) is 0.530. The van der Waals surface area contributed by atoms with Crippen LogP contribution < -0.4 is 17.0 Å². The molecule has 0 aromatic carbocycles. The molecule has 0 bridgehead atoms. The van der Waals surface area contributed by atoms with Gasteiger partial charge in [0.1, 0.15) is 0 Å². The predicted molar refractivity (Wildman–Crippen MR) is 34.1 cm³/mol. The first-order valence-corrected chi connectivity index (χ1v) is 3.06. The van der Waals surface area contributed by atoms with Gasteiger partial charge in [-0.1, -0.05) is 19.8 Å². The largest absolute Gasteiger partial charge is 2.00 e. The van der Waals surface area contributed by atoms with Crippen molar-refractivity contribution in [3.63, 3.8) is 0 Å². The summed E-state index contributed by atoms with van der Waals surface area (Å²) in [6.45, 7) is 6.61. The normalized spacial score (nSPS) is 8.00. The number of rotatable bonds is 3. The molecule has 0 aromatic heterocycles. The second-order valence-electron chi connectivity index (χ2n) is 2.31. The van der Waals surface area contributed by atoms with Crippen LogP contribution in [0.15, 0.2) is 0 Å². The van der Waals surface area contributed by atoms with Gasteiger partial charge in [-0.05, 0) is 0 Å². The van der Waals surface area contributed by atoms with E-state index in [9.17, 15) is 0 Å². The van der Waals surface area contributed by atoms with Crippen LogP contribution in [-0.4, -0.2) is 0 Å². The fourth-order valence-corrected chi connectivity index (χ4v) is 0.530. The summed E-state index contributed by atoms with van der Waals surface area (Å²) in [5.41, 5.74) is 0. The maximum Gasteiger partial charge on any atom is 2.00 e. The molecule has 0 saturated carbocycles. The van der Waals surface area contributed by atoms with E-state index >= 15 is 0 Å². The number of hydrogen-bond donors (Lipinski definition) is 0. The molecular weight excluding hydrogens is 229 g/mol. The molecule has 0 unspecified atom stereocenters. The van der Waals surface area contributed by atoms with Crippen molar-refractivity contribution in [3.05, 3.63) is 5.92 Å². The van der Waals surface area contributed by atoms with E-state index in [0.717, 1.165) is 0 Å². The second-order valence-corrected chi connectivity index (χ2v) is 2.31. The third-order valence-electron chi connectivity index (χ3n) is 1.03. The van der Waals surface area contributed by atoms with Crippen molar-refractivity contribution >= 4 is 0 Å². The van der Waals surface area contributed by atoms with Gasteiger partial charge in [0.25, 0.3) is 0 Å². The first-order chi connectivity index (χ1) is 3.27. The zero-order chi connectivity index (χ0) is 5.70. The molecule has 2 heteroatoms. The van der Waals surface area contributed by atoms with E-state index in [1.807, 2.05) is 0 Å². The Balaban J connectivity index is -0.000000180. The monoisotopic (exact) mass is 242 g/mol. The summed E-state index contributed by atoms with van der Waals surface area (Å²) in [5, 5.41) is 0. The first-order valence-electron chi connectivity index (χ1n) is 3.06. The Morgan fingerprint density at radius 2 is 1.67 bits per heavy atom. The average molecular weight is 244 g/mol. The Kier molecular flexibility index (Phi) is 21.8. The summed E-state index contributed by atoms with van der Waals surface area (Å²) < 4.78 is 0. The quantitative estimate of drug-likeness (QED) is 0.476. The summed E-state index contributed by atoms with van der Waals surface area (Å²) in [6, 6.07) is 0. The molecule has 0 fully saturated rings. The van der Waals surface area contributed by atoms with Crippen LogP contribution >= 0.6 is 0 Å². The molecule has 0 spiro atoms. The Labute approximate surface area is 82.3 Å². The van der Waals surface area contributed by atoms with E-state index in [2.05, 4.69) is 20.8 Å². The topological polar surface area (TPSA) is 0 Å². The molecule has 0 aliphatic carbocycles. The maximum absolute atomic E-state index is 2.23. The minimum absolute atomic E-state index is 0. The zero-order valence-electron chi connectivity index (χ0n) is 6.71. The van der Waals surface area contributed by atoms with Crippen molar-refractivity contribution in [2.75, 3.05) is 0 Å². The molecule has 0 heterocycles. The number of halogens is 1. The van der Waals surface area contributed by atoms with Crippen molar-refractivity contribution in [3.8, 4) is 0 Å². The van der Waals surface area contributed by atoms with Crippen molar-refractivity contribution < 1.29 is 36.5 Å². The Morgan fingerprint density at radius 3 is 1.78 bits per heavy atom. The van der Waals surface area contributed by atoms with Gasteiger partial charge in [0.05, 0.1) is 0 Å². The van der Waals surface area contributed by atoms with Crippen LogP contribution in [0.4, 0.5) is 0 Å². The van der Waals surface area contributed by atoms with E-state index in [1.54, 1.807) is 5.92 Å². The molecule has 0 radical (unpaired) electrons. The van der Waals surface area contributed by atoms with Crippen molar-refractivity contribution in [2.24, 2.45) is 0 Å². The third kappa shape index (κ3) is 17.6. The zero-order valence-corrected chi connectivity index (χ0v) is 11.3. The van der Waals surface area contributed by atoms with E-state index in [-0.39, 0.29) is 36.5 Å². The smallest absolute Gasteiger partial charge is 1.00 e. The molecule has 0 aromatic rings. The summed E-state index contributed by atoms with van der Waals surface area (Å²) in [7, 11) is 0. The van der Waals surface area contributed by atoms with E-state index in [1.165, 1.54) is 19.3 Å².